The maximum Gasteiger partial charge on any atom is 0.0593 e. The summed E-state index contributed by atoms with van der Waals surface area (Å²) < 4.78 is 2.33. The first-order chi connectivity index (χ1) is 11.1. The number of aromatic nitrogens is 1. The Morgan fingerprint density at radius 3 is 2.61 bits per heavy atom. The number of hydrogen-bond acceptors (Lipinski definition) is 2. The van der Waals surface area contributed by atoms with Gasteiger partial charge in [-0.05, 0) is 51.0 Å². The summed E-state index contributed by atoms with van der Waals surface area (Å²) in [6.07, 6.45) is 1.94. The normalized spacial score (nSPS) is 11.5. The van der Waals surface area contributed by atoms with Crippen molar-refractivity contribution in [1.82, 2.24) is 4.57 Å². The Hall–Kier alpha value is -2.55. The smallest absolute Gasteiger partial charge is 0.0593 e. The van der Waals surface area contributed by atoms with E-state index in [1.807, 2.05) is 12.3 Å². The van der Waals surface area contributed by atoms with Gasteiger partial charge in [0.05, 0.1) is 11.9 Å². The van der Waals surface area contributed by atoms with E-state index in [1.54, 1.807) is 0 Å². The third kappa shape index (κ3) is 2.74. The summed E-state index contributed by atoms with van der Waals surface area (Å²) in [7, 11) is 0. The zero-order chi connectivity index (χ0) is 16.4. The molecule has 1 aromatic heterocycles. The molecule has 0 unspecified atom stereocenters. The number of aryl methyl sites for hydroxylation is 2. The number of rotatable bonds is 4. The molecule has 0 aliphatic rings. The molecule has 0 fully saturated rings. The Kier molecular flexibility index (Phi) is 4.20. The van der Waals surface area contributed by atoms with E-state index in [2.05, 4.69) is 79.2 Å². The van der Waals surface area contributed by atoms with Crippen LogP contribution in [-0.4, -0.2) is 10.8 Å². The summed E-state index contributed by atoms with van der Waals surface area (Å²) in [4.78, 5) is 0. The van der Waals surface area contributed by atoms with Crippen LogP contribution in [0, 0.1) is 20.8 Å². The lowest BCUT2D eigenvalue weighted by molar-refractivity contribution is 0.769. The number of nitrogens with zero attached hydrogens (tertiary/aromatic N) is 2. The van der Waals surface area contributed by atoms with Crippen molar-refractivity contribution in [2.75, 3.05) is 5.43 Å². The van der Waals surface area contributed by atoms with Crippen LogP contribution < -0.4 is 5.43 Å². The minimum atomic E-state index is 0.963. The highest BCUT2D eigenvalue weighted by atomic mass is 15.3. The molecule has 1 heterocycles. The highest BCUT2D eigenvalue weighted by molar-refractivity contribution is 6.01. The van der Waals surface area contributed by atoms with Gasteiger partial charge in [0.2, 0.25) is 0 Å². The molecule has 0 aliphatic heterocycles. The van der Waals surface area contributed by atoms with Crippen LogP contribution in [0.5, 0.6) is 0 Å². The summed E-state index contributed by atoms with van der Waals surface area (Å²) in [5.41, 5.74) is 10.4. The molecule has 3 rings (SSSR count). The average molecular weight is 305 g/mol. The second-order valence-corrected chi connectivity index (χ2v) is 5.88. The molecule has 3 aromatic rings. The number of hydrogen-bond donors (Lipinski definition) is 1. The molecule has 2 aromatic carbocycles. The molecule has 23 heavy (non-hydrogen) atoms. The molecule has 0 saturated heterocycles. The van der Waals surface area contributed by atoms with Gasteiger partial charge in [-0.3, -0.25) is 5.43 Å². The van der Waals surface area contributed by atoms with Crippen LogP contribution in [0.15, 0.2) is 47.6 Å². The molecule has 0 aliphatic carbocycles. The van der Waals surface area contributed by atoms with Gasteiger partial charge < -0.3 is 4.57 Å². The molecule has 3 heteroatoms. The van der Waals surface area contributed by atoms with Crippen molar-refractivity contribution >= 4 is 22.8 Å². The van der Waals surface area contributed by atoms with Crippen LogP contribution in [0.2, 0.25) is 0 Å². The van der Waals surface area contributed by atoms with Crippen LogP contribution in [0.25, 0.3) is 10.9 Å². The highest BCUT2D eigenvalue weighted by Crippen LogP contribution is 2.24. The van der Waals surface area contributed by atoms with E-state index >= 15 is 0 Å². The minimum Gasteiger partial charge on any atom is -0.344 e. The predicted molar refractivity (Wildman–Crippen MR) is 99.5 cm³/mol. The van der Waals surface area contributed by atoms with Crippen molar-refractivity contribution in [2.24, 2.45) is 5.10 Å². The van der Waals surface area contributed by atoms with E-state index in [0.29, 0.717) is 0 Å². The Morgan fingerprint density at radius 1 is 1.04 bits per heavy atom. The Bertz CT molecular complexity index is 872. The predicted octanol–water partition coefficient (Wildman–Crippen LogP) is 5.03. The van der Waals surface area contributed by atoms with Crippen LogP contribution >= 0.6 is 0 Å². The molecule has 118 valence electrons. The first-order valence-corrected chi connectivity index (χ1v) is 8.06. The third-order valence-corrected chi connectivity index (χ3v) is 4.58. The van der Waals surface area contributed by atoms with E-state index in [4.69, 9.17) is 0 Å². The molecule has 0 radical (unpaired) electrons. The maximum atomic E-state index is 4.48. The minimum absolute atomic E-state index is 0.963. The van der Waals surface area contributed by atoms with Crippen molar-refractivity contribution in [3.05, 3.63) is 64.8 Å². The van der Waals surface area contributed by atoms with Gasteiger partial charge in [0, 0.05) is 28.7 Å². The van der Waals surface area contributed by atoms with Gasteiger partial charge >= 0.3 is 0 Å². The van der Waals surface area contributed by atoms with Gasteiger partial charge in [-0.25, -0.2) is 0 Å². The monoisotopic (exact) mass is 305 g/mol. The van der Waals surface area contributed by atoms with Gasteiger partial charge in [-0.2, -0.15) is 5.10 Å². The van der Waals surface area contributed by atoms with Gasteiger partial charge in [-0.1, -0.05) is 30.3 Å². The van der Waals surface area contributed by atoms with Gasteiger partial charge in [0.25, 0.3) is 0 Å². The third-order valence-electron chi connectivity index (χ3n) is 4.58. The van der Waals surface area contributed by atoms with E-state index in [-0.39, 0.29) is 0 Å². The standard InChI is InChI=1S/C20H23N3/c1-5-23-16(4)18(17-10-6-7-12-20(17)23)13-21-22-19-11-8-9-14(2)15(19)3/h6-13,22H,5H2,1-4H3/b21-13-. The van der Waals surface area contributed by atoms with Crippen LogP contribution in [-0.2, 0) is 6.54 Å². The van der Waals surface area contributed by atoms with E-state index < -0.39 is 0 Å². The second kappa shape index (κ2) is 6.29. The molecule has 1 N–H and O–H groups in total. The number of nitrogens with one attached hydrogen (secondary N) is 1. The molecule has 0 atom stereocenters. The van der Waals surface area contributed by atoms with E-state index in [9.17, 15) is 0 Å². The summed E-state index contributed by atoms with van der Waals surface area (Å²) in [6, 6.07) is 14.7. The first-order valence-electron chi connectivity index (χ1n) is 8.06. The lowest BCUT2D eigenvalue weighted by Gasteiger charge is -2.07. The molecule has 3 nitrogen and oxygen atoms in total. The molecule has 0 amide bonds. The summed E-state index contributed by atoms with van der Waals surface area (Å²) >= 11 is 0. The number of hydrazone groups is 1. The first kappa shape index (κ1) is 15.3. The second-order valence-electron chi connectivity index (χ2n) is 5.88. The van der Waals surface area contributed by atoms with Crippen LogP contribution in [0.3, 0.4) is 0 Å². The zero-order valence-corrected chi connectivity index (χ0v) is 14.2. The Morgan fingerprint density at radius 2 is 1.83 bits per heavy atom. The van der Waals surface area contributed by atoms with Crippen molar-refractivity contribution in [1.29, 1.82) is 0 Å². The fourth-order valence-corrected chi connectivity index (χ4v) is 3.07. The summed E-state index contributed by atoms with van der Waals surface area (Å²) in [6.45, 7) is 9.52. The molecule has 0 bridgehead atoms. The quantitative estimate of drug-likeness (QED) is 0.531. The molecular weight excluding hydrogens is 282 g/mol. The van der Waals surface area contributed by atoms with E-state index in [0.717, 1.165) is 12.2 Å². The fraction of sp³-hybridized carbons (Fsp3) is 0.250. The maximum absolute atomic E-state index is 4.48. The van der Waals surface area contributed by atoms with Crippen molar-refractivity contribution in [3.8, 4) is 0 Å². The average Bonchev–Trinajstić information content (AvgIpc) is 2.83. The van der Waals surface area contributed by atoms with Gasteiger partial charge in [0.15, 0.2) is 0 Å². The van der Waals surface area contributed by atoms with Crippen molar-refractivity contribution in [2.45, 2.75) is 34.2 Å². The lowest BCUT2D eigenvalue weighted by Crippen LogP contribution is -1.98. The van der Waals surface area contributed by atoms with Crippen molar-refractivity contribution in [3.63, 3.8) is 0 Å². The van der Waals surface area contributed by atoms with Crippen molar-refractivity contribution < 1.29 is 0 Å². The van der Waals surface area contributed by atoms with Crippen LogP contribution in [0.4, 0.5) is 5.69 Å². The molecule has 0 spiro atoms. The Labute approximate surface area is 137 Å². The zero-order valence-electron chi connectivity index (χ0n) is 14.2. The number of para-hydroxylation sites is 1. The molecule has 0 saturated carbocycles. The van der Waals surface area contributed by atoms with Crippen LogP contribution in [0.1, 0.15) is 29.3 Å². The highest BCUT2D eigenvalue weighted by Gasteiger charge is 2.10. The molecular formula is C20H23N3. The van der Waals surface area contributed by atoms with E-state index in [1.165, 1.54) is 33.3 Å². The largest absolute Gasteiger partial charge is 0.344 e. The summed E-state index contributed by atoms with van der Waals surface area (Å²) in [5, 5.41) is 5.73. The van der Waals surface area contributed by atoms with Gasteiger partial charge in [-0.15, -0.1) is 0 Å². The number of anilines is 1. The number of fused-ring (bicyclic) bond motifs is 1. The number of benzene rings is 2. The van der Waals surface area contributed by atoms with Gasteiger partial charge in [0.1, 0.15) is 0 Å². The summed E-state index contributed by atoms with van der Waals surface area (Å²) in [5.74, 6) is 0. The SMILES string of the molecule is CCn1c(C)c(/C=N\Nc2cccc(C)c2C)c2ccccc21. The topological polar surface area (TPSA) is 29.3 Å². The Balaban J connectivity index is 1.95. The lowest BCUT2D eigenvalue weighted by atomic mass is 10.1. The fourth-order valence-electron chi connectivity index (χ4n) is 3.07.